The van der Waals surface area contributed by atoms with Gasteiger partial charge in [0, 0.05) is 32.9 Å². The highest BCUT2D eigenvalue weighted by atomic mass is 16.5. The van der Waals surface area contributed by atoms with Crippen LogP contribution in [0.1, 0.15) is 26.5 Å². The minimum Gasteiger partial charge on any atom is -0.623 e. The fourth-order valence-corrected chi connectivity index (χ4v) is 0.855. The van der Waals surface area contributed by atoms with Crippen LogP contribution in [0.2, 0.25) is 0 Å². The molecule has 0 unspecified atom stereocenters. The monoisotopic (exact) mass is 194 g/mol. The molecule has 14 heavy (non-hydrogen) atoms. The largest absolute Gasteiger partial charge is 0.623 e. The topological polar surface area (TPSA) is 53.0 Å². The van der Waals surface area contributed by atoms with E-state index in [1.165, 1.54) is 12.4 Å². The molecule has 1 aromatic heterocycles. The third-order valence-electron chi connectivity index (χ3n) is 1.76. The smallest absolute Gasteiger partial charge is 0.281 e. The Morgan fingerprint density at radius 1 is 1.36 bits per heavy atom. The van der Waals surface area contributed by atoms with E-state index in [0.717, 1.165) is 4.74 Å². The molecule has 0 aliphatic heterocycles. The Balaban J connectivity index is 3.04. The predicted molar refractivity (Wildman–Crippen MR) is 53.9 cm³/mol. The molecule has 1 rings (SSSR count). The Kier molecular flexibility index (Phi) is 2.74. The van der Waals surface area contributed by atoms with Crippen LogP contribution in [0.3, 0.4) is 0 Å². The van der Waals surface area contributed by atoms with Gasteiger partial charge in [0.05, 0.1) is 0 Å². The summed E-state index contributed by atoms with van der Waals surface area (Å²) in [6.45, 7) is 5.36. The molecule has 76 valence electrons. The number of rotatable bonds is 1. The van der Waals surface area contributed by atoms with E-state index in [9.17, 15) is 10.4 Å². The number of pyridine rings is 1. The molecule has 0 fully saturated rings. The fourth-order valence-electron chi connectivity index (χ4n) is 0.855. The van der Waals surface area contributed by atoms with Gasteiger partial charge in [-0.1, -0.05) is 0 Å². The van der Waals surface area contributed by atoms with E-state index in [-0.39, 0.29) is 0 Å². The van der Waals surface area contributed by atoms with Crippen LogP contribution in [0.4, 0.5) is 0 Å². The molecule has 0 bridgehead atoms. The maximum Gasteiger partial charge on any atom is 0.281 e. The van der Waals surface area contributed by atoms with Crippen molar-refractivity contribution in [3.63, 3.8) is 0 Å². The minimum atomic E-state index is -0.525. The van der Waals surface area contributed by atoms with E-state index < -0.39 is 5.54 Å². The normalized spacial score (nSPS) is 12.9. The second-order valence-electron chi connectivity index (χ2n) is 4.08. The second-order valence-corrected chi connectivity index (χ2v) is 4.08. The van der Waals surface area contributed by atoms with Gasteiger partial charge in [-0.25, -0.2) is 4.74 Å². The van der Waals surface area contributed by atoms with Gasteiger partial charge < -0.3 is 10.4 Å². The summed E-state index contributed by atoms with van der Waals surface area (Å²) < 4.78 is 1.44. The highest BCUT2D eigenvalue weighted by Crippen LogP contribution is 2.04. The number of hydrogen-bond acceptors (Lipinski definition) is 2. The summed E-state index contributed by atoms with van der Waals surface area (Å²) in [7, 11) is 0. The van der Waals surface area contributed by atoms with Crippen molar-refractivity contribution in [2.24, 2.45) is 0 Å². The lowest BCUT2D eigenvalue weighted by atomic mass is 10.1. The molecule has 1 aromatic rings. The van der Waals surface area contributed by atoms with Crippen LogP contribution in [0.15, 0.2) is 24.4 Å². The van der Waals surface area contributed by atoms with Crippen LogP contribution >= 0.6 is 0 Å². The molecule has 0 atom stereocenters. The highest BCUT2D eigenvalue weighted by Gasteiger charge is 2.19. The van der Waals surface area contributed by atoms with Crippen molar-refractivity contribution in [2.45, 2.75) is 26.3 Å². The van der Waals surface area contributed by atoms with E-state index in [4.69, 9.17) is 0 Å². The van der Waals surface area contributed by atoms with Gasteiger partial charge in [-0.2, -0.15) is 4.73 Å². The summed E-state index contributed by atoms with van der Waals surface area (Å²) in [4.78, 5) is 0. The second kappa shape index (κ2) is 3.65. The molecule has 0 N–H and O–H groups in total. The van der Waals surface area contributed by atoms with Gasteiger partial charge in [-0.05, 0) is 6.07 Å². The van der Waals surface area contributed by atoms with Crippen molar-refractivity contribution in [1.29, 1.82) is 0 Å². The molecule has 4 nitrogen and oxygen atoms in total. The zero-order chi connectivity index (χ0) is 10.8. The molecule has 0 radical (unpaired) electrons. The standard InChI is InChI=1S/C10H14N2O2/c1-10(2,3)12(14)8-9-6-4-5-7-11(9)13/h4-8H,1-3H3/b12-8+. The molecule has 0 saturated carbocycles. The first-order valence-electron chi connectivity index (χ1n) is 4.41. The Bertz CT molecular complexity index is 353. The fraction of sp³-hybridized carbons (Fsp3) is 0.400. The van der Waals surface area contributed by atoms with Crippen LogP contribution in [0.25, 0.3) is 0 Å². The third-order valence-corrected chi connectivity index (χ3v) is 1.76. The van der Waals surface area contributed by atoms with Gasteiger partial charge in [-0.3, -0.25) is 0 Å². The molecule has 0 aliphatic rings. The van der Waals surface area contributed by atoms with Crippen molar-refractivity contribution >= 4 is 6.21 Å². The van der Waals surface area contributed by atoms with Crippen LogP contribution < -0.4 is 4.73 Å². The summed E-state index contributed by atoms with van der Waals surface area (Å²) in [5.74, 6) is 0. The molecular weight excluding hydrogens is 180 g/mol. The molecular formula is C10H14N2O2. The lowest BCUT2D eigenvalue weighted by molar-refractivity contribution is -0.612. The van der Waals surface area contributed by atoms with Crippen molar-refractivity contribution in [3.05, 3.63) is 40.5 Å². The average Bonchev–Trinajstić information content (AvgIpc) is 2.07. The van der Waals surface area contributed by atoms with Gasteiger partial charge in [0.2, 0.25) is 6.21 Å². The van der Waals surface area contributed by atoms with Gasteiger partial charge in [0.25, 0.3) is 5.69 Å². The average molecular weight is 194 g/mol. The summed E-state index contributed by atoms with van der Waals surface area (Å²) >= 11 is 0. The summed E-state index contributed by atoms with van der Waals surface area (Å²) in [6, 6.07) is 4.94. The molecule has 0 aromatic carbocycles. The predicted octanol–water partition coefficient (Wildman–Crippen LogP) is 1.05. The molecule has 0 spiro atoms. The third kappa shape index (κ3) is 2.45. The van der Waals surface area contributed by atoms with Gasteiger partial charge in [0.15, 0.2) is 11.7 Å². The zero-order valence-electron chi connectivity index (χ0n) is 8.60. The van der Waals surface area contributed by atoms with Crippen LogP contribution in [0.5, 0.6) is 0 Å². The van der Waals surface area contributed by atoms with Crippen molar-refractivity contribution in [1.82, 2.24) is 0 Å². The first-order chi connectivity index (χ1) is 6.41. The Hall–Kier alpha value is -1.58. The highest BCUT2D eigenvalue weighted by molar-refractivity contribution is 5.70. The Morgan fingerprint density at radius 2 is 2.00 bits per heavy atom. The van der Waals surface area contributed by atoms with Crippen LogP contribution in [0, 0.1) is 10.4 Å². The number of nitrogens with zero attached hydrogens (tertiary/aromatic N) is 2. The molecule has 1 heterocycles. The molecule has 0 saturated heterocycles. The van der Waals surface area contributed by atoms with E-state index in [2.05, 4.69) is 0 Å². The first kappa shape index (κ1) is 10.5. The van der Waals surface area contributed by atoms with E-state index >= 15 is 0 Å². The number of hydroxylamine groups is 1. The summed E-state index contributed by atoms with van der Waals surface area (Å²) in [5.41, 5.74) is -0.180. The van der Waals surface area contributed by atoms with Crippen molar-refractivity contribution < 1.29 is 9.47 Å². The number of aromatic nitrogens is 1. The lowest BCUT2D eigenvalue weighted by Crippen LogP contribution is -2.35. The maximum atomic E-state index is 11.5. The SMILES string of the molecule is CC(C)(C)/[N+]([O-])=C\c1cccc[n+]1[O-]. The van der Waals surface area contributed by atoms with E-state index in [0.29, 0.717) is 10.4 Å². The Morgan fingerprint density at radius 3 is 2.50 bits per heavy atom. The van der Waals surface area contributed by atoms with Gasteiger partial charge >= 0.3 is 0 Å². The summed E-state index contributed by atoms with van der Waals surface area (Å²) in [5, 5.41) is 22.7. The van der Waals surface area contributed by atoms with Crippen molar-refractivity contribution in [2.75, 3.05) is 0 Å². The summed E-state index contributed by atoms with van der Waals surface area (Å²) in [6.07, 6.45) is 2.66. The molecule has 4 heteroatoms. The quantitative estimate of drug-likeness (QED) is 0.290. The van der Waals surface area contributed by atoms with Crippen LogP contribution in [-0.2, 0) is 0 Å². The number of hydrogen-bond donors (Lipinski definition) is 0. The molecule has 0 aliphatic carbocycles. The zero-order valence-corrected chi connectivity index (χ0v) is 8.60. The van der Waals surface area contributed by atoms with Crippen LogP contribution in [-0.4, -0.2) is 16.5 Å². The Labute approximate surface area is 83.3 Å². The molecule has 0 amide bonds. The van der Waals surface area contributed by atoms with E-state index in [1.54, 1.807) is 39.0 Å². The first-order valence-corrected chi connectivity index (χ1v) is 4.41. The lowest BCUT2D eigenvalue weighted by Gasteiger charge is -2.17. The minimum absolute atomic E-state index is 0.345. The van der Waals surface area contributed by atoms with E-state index in [1.807, 2.05) is 0 Å². The maximum absolute atomic E-state index is 11.5. The van der Waals surface area contributed by atoms with Crippen molar-refractivity contribution in [3.8, 4) is 0 Å². The van der Waals surface area contributed by atoms with Gasteiger partial charge in [0.1, 0.15) is 0 Å². The van der Waals surface area contributed by atoms with Gasteiger partial charge in [-0.15, -0.1) is 0 Å².